The van der Waals surface area contributed by atoms with Gasteiger partial charge in [-0.1, -0.05) is 72.0 Å². The molecule has 1 aromatic carbocycles. The van der Waals surface area contributed by atoms with Crippen LogP contribution in [0.15, 0.2) is 42.5 Å². The van der Waals surface area contributed by atoms with Crippen molar-refractivity contribution in [2.24, 2.45) is 0 Å². The molecule has 0 saturated carbocycles. The fourth-order valence-electron chi connectivity index (χ4n) is 1.71. The van der Waals surface area contributed by atoms with Gasteiger partial charge >= 0.3 is 0 Å². The average molecular weight is 374 g/mol. The Bertz CT molecular complexity index is 351. The van der Waals surface area contributed by atoms with Crippen molar-refractivity contribution in [2.45, 2.75) is 42.8 Å². The highest BCUT2D eigenvalue weighted by atomic mass is 127. The molecule has 0 saturated heterocycles. The van der Waals surface area contributed by atoms with Gasteiger partial charge in [0.15, 0.2) is 0 Å². The number of hydrogen-bond donors (Lipinski definition) is 1. The SMILES string of the molecule is CC/C=C\CC[C@H](I)[C@H](O)COCc1ccccc1. The summed E-state index contributed by atoms with van der Waals surface area (Å²) in [6.45, 7) is 3.10. The molecule has 0 amide bonds. The molecule has 19 heavy (non-hydrogen) atoms. The second kappa shape index (κ2) is 10.4. The standard InChI is InChI=1S/C16H23IO2/c1-2-3-4-8-11-15(17)16(18)13-19-12-14-9-6-5-7-10-14/h3-7,9-10,15-16,18H,2,8,11-13H2,1H3/b4-3-/t15-,16+/m0/s1. The summed E-state index contributed by atoms with van der Waals surface area (Å²) in [7, 11) is 0. The van der Waals surface area contributed by atoms with Gasteiger partial charge in [0.05, 0.1) is 19.3 Å². The summed E-state index contributed by atoms with van der Waals surface area (Å²) >= 11 is 2.31. The maximum Gasteiger partial charge on any atom is 0.0891 e. The molecule has 1 N–H and O–H groups in total. The Morgan fingerprint density at radius 3 is 2.68 bits per heavy atom. The van der Waals surface area contributed by atoms with E-state index < -0.39 is 0 Å². The van der Waals surface area contributed by atoms with E-state index >= 15 is 0 Å². The fraction of sp³-hybridized carbons (Fsp3) is 0.500. The largest absolute Gasteiger partial charge is 0.390 e. The zero-order valence-corrected chi connectivity index (χ0v) is 13.6. The minimum Gasteiger partial charge on any atom is -0.390 e. The number of alkyl halides is 1. The van der Waals surface area contributed by atoms with Crippen molar-refractivity contribution in [1.82, 2.24) is 0 Å². The zero-order valence-electron chi connectivity index (χ0n) is 11.5. The third-order valence-corrected chi connectivity index (χ3v) is 4.28. The van der Waals surface area contributed by atoms with Gasteiger partial charge in [0.1, 0.15) is 0 Å². The molecule has 0 aliphatic heterocycles. The monoisotopic (exact) mass is 374 g/mol. The second-order valence-electron chi connectivity index (χ2n) is 4.54. The zero-order chi connectivity index (χ0) is 13.9. The fourth-order valence-corrected chi connectivity index (χ4v) is 2.28. The molecule has 2 atom stereocenters. The summed E-state index contributed by atoms with van der Waals surface area (Å²) in [5, 5.41) is 10.00. The van der Waals surface area contributed by atoms with Gasteiger partial charge in [0.25, 0.3) is 0 Å². The van der Waals surface area contributed by atoms with Crippen LogP contribution in [0.1, 0.15) is 31.7 Å². The first-order valence-electron chi connectivity index (χ1n) is 6.82. The Kier molecular flexibility index (Phi) is 9.12. The van der Waals surface area contributed by atoms with E-state index in [0.29, 0.717) is 13.2 Å². The van der Waals surface area contributed by atoms with Gasteiger partial charge in [-0.3, -0.25) is 0 Å². The molecule has 1 rings (SSSR count). The number of aliphatic hydroxyl groups excluding tert-OH is 1. The topological polar surface area (TPSA) is 29.5 Å². The molecule has 0 heterocycles. The Balaban J connectivity index is 2.16. The first kappa shape index (κ1) is 16.7. The smallest absolute Gasteiger partial charge is 0.0891 e. The van der Waals surface area contributed by atoms with Gasteiger partial charge in [0, 0.05) is 3.92 Å². The summed E-state index contributed by atoms with van der Waals surface area (Å²) in [5.74, 6) is 0. The molecule has 3 heteroatoms. The highest BCUT2D eigenvalue weighted by Gasteiger charge is 2.15. The molecular formula is C16H23IO2. The van der Waals surface area contributed by atoms with Crippen LogP contribution < -0.4 is 0 Å². The van der Waals surface area contributed by atoms with Gasteiger partial charge in [-0.05, 0) is 24.8 Å². The number of hydrogen-bond acceptors (Lipinski definition) is 2. The summed E-state index contributed by atoms with van der Waals surface area (Å²) in [6, 6.07) is 10.0. The highest BCUT2D eigenvalue weighted by Crippen LogP contribution is 2.15. The third-order valence-electron chi connectivity index (χ3n) is 2.83. The van der Waals surface area contributed by atoms with Gasteiger partial charge in [-0.25, -0.2) is 0 Å². The number of aliphatic hydroxyl groups is 1. The van der Waals surface area contributed by atoms with Crippen molar-refractivity contribution in [3.63, 3.8) is 0 Å². The number of ether oxygens (including phenoxy) is 1. The molecule has 0 aliphatic carbocycles. The minimum atomic E-state index is -0.390. The van der Waals surface area contributed by atoms with Crippen LogP contribution in [0.4, 0.5) is 0 Å². The lowest BCUT2D eigenvalue weighted by Gasteiger charge is -2.16. The molecule has 2 nitrogen and oxygen atoms in total. The molecule has 0 bridgehead atoms. The molecule has 0 spiro atoms. The second-order valence-corrected chi connectivity index (χ2v) is 6.14. The van der Waals surface area contributed by atoms with E-state index in [4.69, 9.17) is 4.74 Å². The first-order chi connectivity index (χ1) is 9.24. The van der Waals surface area contributed by atoms with Crippen LogP contribution in [0.25, 0.3) is 0 Å². The number of allylic oxidation sites excluding steroid dienone is 2. The van der Waals surface area contributed by atoms with E-state index in [9.17, 15) is 5.11 Å². The molecule has 0 unspecified atom stereocenters. The molecular weight excluding hydrogens is 351 g/mol. The lowest BCUT2D eigenvalue weighted by molar-refractivity contribution is 0.0289. The van der Waals surface area contributed by atoms with Crippen LogP contribution in [-0.2, 0) is 11.3 Å². The van der Waals surface area contributed by atoms with Crippen molar-refractivity contribution < 1.29 is 9.84 Å². The summed E-state index contributed by atoms with van der Waals surface area (Å²) in [4.78, 5) is 0. The molecule has 0 aromatic heterocycles. The lowest BCUT2D eigenvalue weighted by atomic mass is 10.1. The van der Waals surface area contributed by atoms with Gasteiger partial charge in [0.2, 0.25) is 0 Å². The molecule has 0 radical (unpaired) electrons. The molecule has 0 fully saturated rings. The van der Waals surface area contributed by atoms with Crippen LogP contribution >= 0.6 is 22.6 Å². The average Bonchev–Trinajstić information content (AvgIpc) is 2.44. The van der Waals surface area contributed by atoms with Crippen LogP contribution in [-0.4, -0.2) is 21.7 Å². The molecule has 0 aliphatic rings. The summed E-state index contributed by atoms with van der Waals surface area (Å²) in [5.41, 5.74) is 1.14. The van der Waals surface area contributed by atoms with Gasteiger partial charge < -0.3 is 9.84 Å². The predicted molar refractivity (Wildman–Crippen MR) is 88.6 cm³/mol. The van der Waals surface area contributed by atoms with E-state index in [2.05, 4.69) is 41.7 Å². The Morgan fingerprint density at radius 2 is 2.00 bits per heavy atom. The van der Waals surface area contributed by atoms with Crippen molar-refractivity contribution in [1.29, 1.82) is 0 Å². The molecule has 1 aromatic rings. The minimum absolute atomic E-state index is 0.245. The van der Waals surface area contributed by atoms with E-state index in [1.165, 1.54) is 0 Å². The van der Waals surface area contributed by atoms with Crippen LogP contribution in [0, 0.1) is 0 Å². The van der Waals surface area contributed by atoms with Crippen molar-refractivity contribution >= 4 is 22.6 Å². The first-order valence-corrected chi connectivity index (χ1v) is 8.07. The Hall–Kier alpha value is -0.390. The van der Waals surface area contributed by atoms with Crippen LogP contribution in [0.3, 0.4) is 0 Å². The number of halogens is 1. The number of benzene rings is 1. The van der Waals surface area contributed by atoms with Crippen LogP contribution in [0.2, 0.25) is 0 Å². The summed E-state index contributed by atoms with van der Waals surface area (Å²) in [6.07, 6.45) is 7.06. The van der Waals surface area contributed by atoms with E-state index in [1.807, 2.05) is 30.3 Å². The van der Waals surface area contributed by atoms with E-state index in [1.54, 1.807) is 0 Å². The third kappa shape index (κ3) is 7.70. The van der Waals surface area contributed by atoms with Crippen molar-refractivity contribution in [3.8, 4) is 0 Å². The lowest BCUT2D eigenvalue weighted by Crippen LogP contribution is -2.25. The Morgan fingerprint density at radius 1 is 1.26 bits per heavy atom. The van der Waals surface area contributed by atoms with Crippen molar-refractivity contribution in [3.05, 3.63) is 48.0 Å². The summed E-state index contributed by atoms with van der Waals surface area (Å²) < 4.78 is 5.80. The quantitative estimate of drug-likeness (QED) is 0.400. The Labute approximate surface area is 130 Å². The van der Waals surface area contributed by atoms with Gasteiger partial charge in [-0.15, -0.1) is 0 Å². The maximum absolute atomic E-state index is 10.00. The molecule has 106 valence electrons. The van der Waals surface area contributed by atoms with E-state index in [-0.39, 0.29) is 10.0 Å². The van der Waals surface area contributed by atoms with Crippen molar-refractivity contribution in [2.75, 3.05) is 6.61 Å². The number of rotatable bonds is 9. The maximum atomic E-state index is 10.00. The predicted octanol–water partition coefficient (Wildman–Crippen LogP) is 4.11. The van der Waals surface area contributed by atoms with Gasteiger partial charge in [-0.2, -0.15) is 0 Å². The normalized spacial score (nSPS) is 14.7. The van der Waals surface area contributed by atoms with Crippen LogP contribution in [0.5, 0.6) is 0 Å². The van der Waals surface area contributed by atoms with E-state index in [0.717, 1.165) is 24.8 Å². The highest BCUT2D eigenvalue weighted by molar-refractivity contribution is 14.1.